The van der Waals surface area contributed by atoms with Crippen LogP contribution in [0.15, 0.2) is 51.5 Å². The van der Waals surface area contributed by atoms with Crippen molar-refractivity contribution in [3.63, 3.8) is 0 Å². The van der Waals surface area contributed by atoms with E-state index in [9.17, 15) is 15.2 Å². The minimum Gasteiger partial charge on any atom is -0.391 e. The van der Waals surface area contributed by atoms with Gasteiger partial charge in [0.2, 0.25) is 0 Å². The van der Waals surface area contributed by atoms with Gasteiger partial charge in [-0.3, -0.25) is 10.1 Å². The van der Waals surface area contributed by atoms with Crippen molar-refractivity contribution < 1.29 is 14.6 Å². The van der Waals surface area contributed by atoms with Crippen LogP contribution in [0.25, 0.3) is 22.6 Å². The molecule has 0 bridgehead atoms. The van der Waals surface area contributed by atoms with Crippen molar-refractivity contribution in [2.75, 3.05) is 0 Å². The van der Waals surface area contributed by atoms with Crippen LogP contribution in [-0.2, 0) is 6.61 Å². The molecular weight excluding hydrogens is 400 g/mol. The van der Waals surface area contributed by atoms with Crippen molar-refractivity contribution in [3.8, 4) is 22.6 Å². The van der Waals surface area contributed by atoms with Gasteiger partial charge in [0.05, 0.1) is 22.1 Å². The predicted molar refractivity (Wildman–Crippen MR) is 92.7 cm³/mol. The molecule has 1 aromatic heterocycles. The Morgan fingerprint density at radius 3 is 2.79 bits per heavy atom. The number of nitrogens with zero attached hydrogens (tertiary/aromatic N) is 2. The zero-order chi connectivity index (χ0) is 17.3. The summed E-state index contributed by atoms with van der Waals surface area (Å²) in [5.74, 6) is 0.324. The lowest BCUT2D eigenvalue weighted by Gasteiger charge is -2.04. The maximum absolute atomic E-state index is 10.9. The highest BCUT2D eigenvalue weighted by molar-refractivity contribution is 9.10. The summed E-state index contributed by atoms with van der Waals surface area (Å²) in [5.41, 5.74) is 1.73. The number of rotatable bonds is 4. The van der Waals surface area contributed by atoms with Gasteiger partial charge in [0.15, 0.2) is 5.76 Å². The van der Waals surface area contributed by atoms with Gasteiger partial charge in [0.25, 0.3) is 5.69 Å². The van der Waals surface area contributed by atoms with Crippen LogP contribution in [0.1, 0.15) is 5.56 Å². The van der Waals surface area contributed by atoms with Gasteiger partial charge in [0.1, 0.15) is 5.69 Å². The first kappa shape index (κ1) is 16.6. The summed E-state index contributed by atoms with van der Waals surface area (Å²) in [6, 6.07) is 11.2. The zero-order valence-corrected chi connectivity index (χ0v) is 14.4. The molecule has 1 N–H and O–H groups in total. The molecule has 3 rings (SSSR count). The van der Waals surface area contributed by atoms with E-state index < -0.39 is 4.92 Å². The van der Waals surface area contributed by atoms with Gasteiger partial charge in [-0.1, -0.05) is 44.8 Å². The van der Waals surface area contributed by atoms with Gasteiger partial charge in [-0.05, 0) is 18.2 Å². The minimum atomic E-state index is -0.492. The predicted octanol–water partition coefficient (Wildman–Crippen LogP) is 4.83. The van der Waals surface area contributed by atoms with Crippen molar-refractivity contribution in [2.45, 2.75) is 6.61 Å². The van der Waals surface area contributed by atoms with E-state index in [4.69, 9.17) is 16.1 Å². The molecule has 8 heteroatoms. The van der Waals surface area contributed by atoms with Gasteiger partial charge in [-0.25, -0.2) is 0 Å². The van der Waals surface area contributed by atoms with Crippen molar-refractivity contribution in [3.05, 3.63) is 67.6 Å². The van der Waals surface area contributed by atoms with Crippen LogP contribution >= 0.6 is 27.5 Å². The van der Waals surface area contributed by atoms with E-state index in [-0.39, 0.29) is 12.3 Å². The Kier molecular flexibility index (Phi) is 4.66. The van der Waals surface area contributed by atoms with Crippen LogP contribution in [0.2, 0.25) is 5.02 Å². The Hall–Kier alpha value is -2.22. The van der Waals surface area contributed by atoms with Gasteiger partial charge in [0, 0.05) is 27.7 Å². The molecule has 0 fully saturated rings. The molecule has 2 aromatic carbocycles. The van der Waals surface area contributed by atoms with E-state index >= 15 is 0 Å². The first-order valence-electron chi connectivity index (χ1n) is 6.81. The number of nitro benzene ring substituents is 1. The van der Waals surface area contributed by atoms with Crippen molar-refractivity contribution >= 4 is 33.2 Å². The molecule has 0 aliphatic carbocycles. The first-order chi connectivity index (χ1) is 11.5. The summed E-state index contributed by atoms with van der Waals surface area (Å²) in [6.07, 6.45) is 0. The van der Waals surface area contributed by atoms with Gasteiger partial charge in [-0.2, -0.15) is 0 Å². The summed E-state index contributed by atoms with van der Waals surface area (Å²) in [6.45, 7) is -0.348. The minimum absolute atomic E-state index is 0.0681. The number of hydrogen-bond donors (Lipinski definition) is 1. The quantitative estimate of drug-likeness (QED) is 0.492. The summed E-state index contributed by atoms with van der Waals surface area (Å²) in [4.78, 5) is 10.4. The molecule has 0 atom stereocenters. The van der Waals surface area contributed by atoms with Crippen molar-refractivity contribution in [1.82, 2.24) is 5.16 Å². The monoisotopic (exact) mass is 408 g/mol. The smallest absolute Gasteiger partial charge is 0.270 e. The summed E-state index contributed by atoms with van der Waals surface area (Å²) in [7, 11) is 0. The van der Waals surface area contributed by atoms with Gasteiger partial charge < -0.3 is 9.63 Å². The van der Waals surface area contributed by atoms with E-state index in [2.05, 4.69) is 21.1 Å². The first-order valence-corrected chi connectivity index (χ1v) is 7.98. The molecule has 24 heavy (non-hydrogen) atoms. The van der Waals surface area contributed by atoms with Crippen molar-refractivity contribution in [1.29, 1.82) is 0 Å². The molecule has 122 valence electrons. The number of non-ortho nitro benzene ring substituents is 1. The van der Waals surface area contributed by atoms with Crippen molar-refractivity contribution in [2.24, 2.45) is 0 Å². The summed E-state index contributed by atoms with van der Waals surface area (Å²) >= 11 is 9.56. The standard InChI is InChI=1S/C16H10BrClN2O4/c17-10-4-5-14(18)12(7-10)16-13(8-21)15(19-24-16)9-2-1-3-11(6-9)20(22)23/h1-7,21H,8H2. The second-order valence-electron chi connectivity index (χ2n) is 4.93. The fourth-order valence-corrected chi connectivity index (χ4v) is 2.90. The van der Waals surface area contributed by atoms with Gasteiger partial charge in [-0.15, -0.1) is 0 Å². The highest BCUT2D eigenvalue weighted by atomic mass is 79.9. The average molecular weight is 410 g/mol. The van der Waals surface area contributed by atoms with Crippen LogP contribution in [0.3, 0.4) is 0 Å². The Bertz CT molecular complexity index is 926. The lowest BCUT2D eigenvalue weighted by molar-refractivity contribution is -0.384. The normalized spacial score (nSPS) is 10.8. The third-order valence-corrected chi connectivity index (χ3v) is 4.27. The van der Waals surface area contributed by atoms with Crippen LogP contribution in [-0.4, -0.2) is 15.2 Å². The second-order valence-corrected chi connectivity index (χ2v) is 6.25. The third kappa shape index (κ3) is 3.06. The second kappa shape index (κ2) is 6.72. The maximum atomic E-state index is 10.9. The fourth-order valence-electron chi connectivity index (χ4n) is 2.33. The maximum Gasteiger partial charge on any atom is 0.270 e. The van der Waals surface area contributed by atoms with Gasteiger partial charge >= 0.3 is 0 Å². The van der Waals surface area contributed by atoms with Crippen LogP contribution in [0, 0.1) is 10.1 Å². The Morgan fingerprint density at radius 2 is 2.08 bits per heavy atom. The Balaban J connectivity index is 2.16. The highest BCUT2D eigenvalue weighted by Gasteiger charge is 2.21. The van der Waals surface area contributed by atoms with E-state index in [1.165, 1.54) is 12.1 Å². The lowest BCUT2D eigenvalue weighted by Crippen LogP contribution is -1.92. The molecule has 0 amide bonds. The third-order valence-electron chi connectivity index (χ3n) is 3.45. The molecule has 6 nitrogen and oxygen atoms in total. The van der Waals surface area contributed by atoms with Crippen LogP contribution in [0.4, 0.5) is 5.69 Å². The molecule has 0 saturated carbocycles. The molecule has 0 aliphatic heterocycles. The molecule has 0 saturated heterocycles. The fraction of sp³-hybridized carbons (Fsp3) is 0.0625. The summed E-state index contributed by atoms with van der Waals surface area (Å²) < 4.78 is 6.17. The molecular formula is C16H10BrClN2O4. The van der Waals surface area contributed by atoms with Crippen LogP contribution < -0.4 is 0 Å². The number of benzene rings is 2. The number of hydrogen-bond acceptors (Lipinski definition) is 5. The molecule has 0 aliphatic rings. The highest BCUT2D eigenvalue weighted by Crippen LogP contribution is 2.37. The SMILES string of the molecule is O=[N+]([O-])c1cccc(-c2noc(-c3cc(Br)ccc3Cl)c2CO)c1. The van der Waals surface area contributed by atoms with Crippen LogP contribution in [0.5, 0.6) is 0 Å². The Labute approximate surface area is 149 Å². The molecule has 0 unspecified atom stereocenters. The number of aliphatic hydroxyl groups is 1. The number of nitro groups is 1. The molecule has 3 aromatic rings. The van der Waals surface area contributed by atoms with E-state index in [0.29, 0.717) is 33.2 Å². The Morgan fingerprint density at radius 1 is 1.29 bits per heavy atom. The molecule has 0 radical (unpaired) electrons. The molecule has 1 heterocycles. The van der Waals surface area contributed by atoms with E-state index in [1.807, 2.05) is 0 Å². The number of halogens is 2. The molecule has 0 spiro atoms. The van der Waals surface area contributed by atoms with E-state index in [0.717, 1.165) is 4.47 Å². The van der Waals surface area contributed by atoms with E-state index in [1.54, 1.807) is 30.3 Å². The largest absolute Gasteiger partial charge is 0.391 e. The topological polar surface area (TPSA) is 89.4 Å². The zero-order valence-electron chi connectivity index (χ0n) is 12.1. The lowest BCUT2D eigenvalue weighted by atomic mass is 10.0. The number of aromatic nitrogens is 1. The number of aliphatic hydroxyl groups excluding tert-OH is 1. The summed E-state index contributed by atoms with van der Waals surface area (Å²) in [5, 5.41) is 25.1. The average Bonchev–Trinajstić information content (AvgIpc) is 3.00.